The van der Waals surface area contributed by atoms with Gasteiger partial charge in [-0.15, -0.1) is 0 Å². The van der Waals surface area contributed by atoms with Crippen molar-refractivity contribution >= 4 is 23.0 Å². The zero-order chi connectivity index (χ0) is 19.3. The van der Waals surface area contributed by atoms with Crippen LogP contribution in [-0.2, 0) is 11.3 Å². The molecule has 0 bridgehead atoms. The molecule has 4 rings (SSSR count). The summed E-state index contributed by atoms with van der Waals surface area (Å²) < 4.78 is 11.4. The van der Waals surface area contributed by atoms with Crippen molar-refractivity contribution in [3.05, 3.63) is 48.2 Å². The van der Waals surface area contributed by atoms with Gasteiger partial charge in [-0.25, -0.2) is 4.98 Å². The fourth-order valence-electron chi connectivity index (χ4n) is 3.48. The van der Waals surface area contributed by atoms with Crippen LogP contribution in [0, 0.1) is 5.92 Å². The summed E-state index contributed by atoms with van der Waals surface area (Å²) in [4.78, 5) is 23.5. The van der Waals surface area contributed by atoms with Crippen LogP contribution in [0.5, 0.6) is 5.88 Å². The molecule has 28 heavy (non-hydrogen) atoms. The number of hydrogen-bond acceptors (Lipinski definition) is 6. The second kappa shape index (κ2) is 8.29. The highest BCUT2D eigenvalue weighted by Crippen LogP contribution is 2.26. The number of nitrogens with zero attached hydrogens (tertiary/aromatic N) is 3. The molecule has 0 unspecified atom stereocenters. The Balaban J connectivity index is 1.31. The summed E-state index contributed by atoms with van der Waals surface area (Å²) in [6, 6.07) is 12.2. The molecule has 0 spiro atoms. The molecule has 146 valence electrons. The molecule has 1 amide bonds. The van der Waals surface area contributed by atoms with Gasteiger partial charge in [0.25, 0.3) is 6.01 Å². The number of ether oxygens (including phenoxy) is 1. The zero-order valence-corrected chi connectivity index (χ0v) is 15.9. The number of hydrogen-bond donors (Lipinski definition) is 1. The molecule has 3 aromatic rings. The number of amides is 1. The molecule has 1 aromatic carbocycles. The van der Waals surface area contributed by atoms with E-state index in [0.717, 1.165) is 42.6 Å². The normalized spacial score (nSPS) is 15.0. The summed E-state index contributed by atoms with van der Waals surface area (Å²) in [6.07, 6.45) is 3.24. The Morgan fingerprint density at radius 1 is 1.25 bits per heavy atom. The van der Waals surface area contributed by atoms with Gasteiger partial charge < -0.3 is 19.4 Å². The minimum Gasteiger partial charge on any atom is -0.478 e. The molecular weight excluding hydrogens is 356 g/mol. The predicted octanol–water partition coefficient (Wildman–Crippen LogP) is 3.15. The van der Waals surface area contributed by atoms with Gasteiger partial charge in [0.2, 0.25) is 11.8 Å². The Morgan fingerprint density at radius 2 is 2.07 bits per heavy atom. The molecule has 7 nitrogen and oxygen atoms in total. The molecule has 1 saturated heterocycles. The van der Waals surface area contributed by atoms with Gasteiger partial charge in [-0.05, 0) is 38.0 Å². The molecular formula is C21H24N4O3. The molecule has 1 aliphatic heterocycles. The van der Waals surface area contributed by atoms with Gasteiger partial charge in [-0.1, -0.05) is 18.2 Å². The number of nitrogens with one attached hydrogen (secondary N) is 1. The average molecular weight is 380 g/mol. The van der Waals surface area contributed by atoms with Crippen molar-refractivity contribution in [1.29, 1.82) is 0 Å². The van der Waals surface area contributed by atoms with Gasteiger partial charge in [0.05, 0.1) is 6.61 Å². The van der Waals surface area contributed by atoms with Crippen molar-refractivity contribution < 1.29 is 13.9 Å². The van der Waals surface area contributed by atoms with Crippen molar-refractivity contribution in [2.75, 3.05) is 24.6 Å². The highest BCUT2D eigenvalue weighted by atomic mass is 16.5. The molecule has 3 heterocycles. The van der Waals surface area contributed by atoms with Crippen molar-refractivity contribution in [1.82, 2.24) is 15.3 Å². The molecule has 0 saturated carbocycles. The van der Waals surface area contributed by atoms with Crippen molar-refractivity contribution in [2.45, 2.75) is 26.3 Å². The number of carbonyl (C=O) groups excluding carboxylic acids is 1. The third kappa shape index (κ3) is 3.93. The van der Waals surface area contributed by atoms with Crippen LogP contribution in [0.3, 0.4) is 0 Å². The van der Waals surface area contributed by atoms with Crippen molar-refractivity contribution in [3.8, 4) is 5.88 Å². The molecule has 1 aliphatic rings. The smallest absolute Gasteiger partial charge is 0.298 e. The van der Waals surface area contributed by atoms with Crippen LogP contribution in [0.2, 0.25) is 0 Å². The summed E-state index contributed by atoms with van der Waals surface area (Å²) in [5, 5.41) is 3.03. The topological polar surface area (TPSA) is 80.5 Å². The molecule has 0 atom stereocenters. The number of fused-ring (bicyclic) bond motifs is 1. The third-order valence-corrected chi connectivity index (χ3v) is 5.00. The number of rotatable bonds is 6. The van der Waals surface area contributed by atoms with Crippen LogP contribution < -0.4 is 15.0 Å². The van der Waals surface area contributed by atoms with Crippen molar-refractivity contribution in [3.63, 3.8) is 0 Å². The highest BCUT2D eigenvalue weighted by molar-refractivity contribution is 5.79. The number of piperidine rings is 1. The fourth-order valence-corrected chi connectivity index (χ4v) is 3.48. The minimum absolute atomic E-state index is 0.00663. The zero-order valence-electron chi connectivity index (χ0n) is 15.9. The van der Waals surface area contributed by atoms with Crippen LogP contribution in [0.4, 0.5) is 6.01 Å². The fraction of sp³-hybridized carbons (Fsp3) is 0.381. The van der Waals surface area contributed by atoms with Gasteiger partial charge >= 0.3 is 0 Å². The number of para-hydroxylation sites is 2. The van der Waals surface area contributed by atoms with Crippen LogP contribution in [0.15, 0.2) is 47.0 Å². The number of benzene rings is 1. The maximum atomic E-state index is 12.6. The lowest BCUT2D eigenvalue weighted by molar-refractivity contribution is -0.125. The lowest BCUT2D eigenvalue weighted by Crippen LogP contribution is -2.40. The Labute approximate surface area is 163 Å². The van der Waals surface area contributed by atoms with E-state index in [1.54, 1.807) is 6.20 Å². The van der Waals surface area contributed by atoms with E-state index in [-0.39, 0.29) is 11.8 Å². The summed E-state index contributed by atoms with van der Waals surface area (Å²) >= 11 is 0. The van der Waals surface area contributed by atoms with Gasteiger partial charge in [0.1, 0.15) is 5.52 Å². The highest BCUT2D eigenvalue weighted by Gasteiger charge is 2.27. The van der Waals surface area contributed by atoms with Crippen LogP contribution in [0.1, 0.15) is 25.3 Å². The van der Waals surface area contributed by atoms with E-state index in [0.29, 0.717) is 25.0 Å². The maximum absolute atomic E-state index is 12.6. The van der Waals surface area contributed by atoms with E-state index >= 15 is 0 Å². The first-order valence-electron chi connectivity index (χ1n) is 9.69. The monoisotopic (exact) mass is 380 g/mol. The molecule has 0 aliphatic carbocycles. The first-order chi connectivity index (χ1) is 13.7. The Hall–Kier alpha value is -3.09. The third-order valence-electron chi connectivity index (χ3n) is 5.00. The second-order valence-electron chi connectivity index (χ2n) is 6.84. The maximum Gasteiger partial charge on any atom is 0.298 e. The molecule has 0 radical (unpaired) electrons. The Kier molecular flexibility index (Phi) is 5.41. The number of aromatic nitrogens is 2. The SMILES string of the molecule is CCOc1ncccc1CNC(=O)C1CCN(c2nc3ccccc3o2)CC1. The van der Waals surface area contributed by atoms with E-state index in [1.165, 1.54) is 0 Å². The average Bonchev–Trinajstić information content (AvgIpc) is 3.17. The Morgan fingerprint density at radius 3 is 2.86 bits per heavy atom. The quantitative estimate of drug-likeness (QED) is 0.708. The molecule has 7 heteroatoms. The van der Waals surface area contributed by atoms with Crippen LogP contribution in [0.25, 0.3) is 11.1 Å². The molecule has 1 N–H and O–H groups in total. The number of anilines is 1. The predicted molar refractivity (Wildman–Crippen MR) is 106 cm³/mol. The van der Waals surface area contributed by atoms with E-state index in [9.17, 15) is 4.79 Å². The van der Waals surface area contributed by atoms with Gasteiger partial charge in [-0.3, -0.25) is 4.79 Å². The van der Waals surface area contributed by atoms with Gasteiger partial charge in [-0.2, -0.15) is 4.98 Å². The number of carbonyl (C=O) groups is 1. The molecule has 2 aromatic heterocycles. The summed E-state index contributed by atoms with van der Waals surface area (Å²) in [5.74, 6) is 0.646. The Bertz CT molecular complexity index is 914. The first kappa shape index (κ1) is 18.3. The minimum atomic E-state index is -0.00663. The van der Waals surface area contributed by atoms with E-state index in [2.05, 4.69) is 20.2 Å². The second-order valence-corrected chi connectivity index (χ2v) is 6.84. The van der Waals surface area contributed by atoms with E-state index in [1.807, 2.05) is 43.3 Å². The largest absolute Gasteiger partial charge is 0.478 e. The lowest BCUT2D eigenvalue weighted by atomic mass is 9.96. The van der Waals surface area contributed by atoms with E-state index in [4.69, 9.17) is 9.15 Å². The summed E-state index contributed by atoms with van der Waals surface area (Å²) in [5.41, 5.74) is 2.54. The first-order valence-corrected chi connectivity index (χ1v) is 9.69. The summed E-state index contributed by atoms with van der Waals surface area (Å²) in [7, 11) is 0. The lowest BCUT2D eigenvalue weighted by Gasteiger charge is -2.30. The van der Waals surface area contributed by atoms with Crippen LogP contribution in [-0.4, -0.2) is 35.6 Å². The summed E-state index contributed by atoms with van der Waals surface area (Å²) in [6.45, 7) is 4.39. The van der Waals surface area contributed by atoms with Gasteiger partial charge in [0.15, 0.2) is 5.58 Å². The molecule has 1 fully saturated rings. The van der Waals surface area contributed by atoms with Gasteiger partial charge in [0, 0.05) is 37.3 Å². The standard InChI is InChI=1S/C21H24N4O3/c1-2-27-20-16(6-5-11-22-20)14-23-19(26)15-9-12-25(13-10-15)21-24-17-7-3-4-8-18(17)28-21/h3-8,11,15H,2,9-10,12-14H2,1H3,(H,23,26). The number of pyridine rings is 1. The number of oxazole rings is 1. The van der Waals surface area contributed by atoms with E-state index < -0.39 is 0 Å². The van der Waals surface area contributed by atoms with Crippen molar-refractivity contribution in [2.24, 2.45) is 5.92 Å². The van der Waals surface area contributed by atoms with Crippen LogP contribution >= 0.6 is 0 Å².